The summed E-state index contributed by atoms with van der Waals surface area (Å²) < 4.78 is 14.8. The number of nitrogens with zero attached hydrogens (tertiary/aromatic N) is 6. The maximum Gasteiger partial charge on any atom is 0.200 e. The largest absolute Gasteiger partial charge is 0.508 e. The Kier molecular flexibility index (Phi) is 9.59. The smallest absolute Gasteiger partial charge is 0.200 e. The third-order valence-electron chi connectivity index (χ3n) is 13.0. The molecule has 0 bridgehead atoms. The molecule has 13 nitrogen and oxygen atoms in total. The number of H-pyrrole nitrogens is 2. The van der Waals surface area contributed by atoms with E-state index in [4.69, 9.17) is 29.2 Å². The van der Waals surface area contributed by atoms with Crippen LogP contribution in [0.5, 0.6) is 28.7 Å². The second kappa shape index (κ2) is 14.9. The topological polar surface area (TPSA) is 167 Å². The Balaban J connectivity index is 0.000000148. The number of benzene rings is 4. The van der Waals surface area contributed by atoms with Gasteiger partial charge in [-0.25, -0.2) is 0 Å². The molecule has 318 valence electrons. The quantitative estimate of drug-likeness (QED) is 0.0733. The second-order valence-corrected chi connectivity index (χ2v) is 18.0. The van der Waals surface area contributed by atoms with E-state index in [0.717, 1.165) is 82.2 Å². The van der Waals surface area contributed by atoms with Gasteiger partial charge >= 0.3 is 0 Å². The first kappa shape index (κ1) is 39.8. The number of hydrogen-bond acceptors (Lipinski definition) is 9. The first-order valence-corrected chi connectivity index (χ1v) is 22.0. The molecule has 4 heterocycles. The average Bonchev–Trinajstić information content (AvgIpc) is 4.23. The zero-order valence-corrected chi connectivity index (χ0v) is 36.5. The molecular formula is C47H48N8O5S2. The van der Waals surface area contributed by atoms with Gasteiger partial charge < -0.3 is 34.3 Å². The highest BCUT2D eigenvalue weighted by Gasteiger charge is 2.40. The van der Waals surface area contributed by atoms with Gasteiger partial charge in [0.1, 0.15) is 28.7 Å². The summed E-state index contributed by atoms with van der Waals surface area (Å²) >= 11 is 11.2. The van der Waals surface area contributed by atoms with Crippen molar-refractivity contribution in [2.45, 2.75) is 89.1 Å². The van der Waals surface area contributed by atoms with Gasteiger partial charge in [-0.1, -0.05) is 13.0 Å². The number of ether oxygens (including phenoxy) is 1. The number of phenols is 4. The molecule has 6 N–H and O–H groups in total. The Morgan fingerprint density at radius 3 is 1.81 bits per heavy atom. The van der Waals surface area contributed by atoms with Gasteiger partial charge in [-0.05, 0) is 155 Å². The number of methoxy groups -OCH3 is 1. The highest BCUT2D eigenvalue weighted by Crippen LogP contribution is 2.50. The molecule has 0 amide bonds. The van der Waals surface area contributed by atoms with Gasteiger partial charge in [0.15, 0.2) is 21.2 Å². The van der Waals surface area contributed by atoms with Crippen LogP contribution in [0, 0.1) is 9.54 Å². The van der Waals surface area contributed by atoms with Gasteiger partial charge in [-0.15, -0.1) is 0 Å². The van der Waals surface area contributed by atoms with Crippen LogP contribution in [0.25, 0.3) is 56.0 Å². The maximum atomic E-state index is 10.7. The Morgan fingerprint density at radius 1 is 0.742 bits per heavy atom. The lowest BCUT2D eigenvalue weighted by Gasteiger charge is -2.17. The standard InChI is InChI=1S/C24H26N4O3S.C23H22N4O2S/c1-4-13(2)27-10-9-15-18(7-8-21(31-3)22(15)27)28-23(25-26-24(28)32)17-11-16(14-5-6-14)19(29)12-20(17)30;1-23(8-9-23)26-10-7-14-17(26)3-2-4-18(14)27-21(24-25-22(27)30)16-11-15(13-5-6-13)19(28)12-20(16)29/h7-14,29-30H,4-6H2,1-3H3,(H,26,32);2-4,7,10-13,28-29H,5-6,8-9H2,1H3,(H,25,30). The van der Waals surface area contributed by atoms with E-state index in [0.29, 0.717) is 50.2 Å². The number of hydrogen-bond donors (Lipinski definition) is 6. The molecule has 8 aromatic rings. The van der Waals surface area contributed by atoms with Gasteiger partial charge in [0.25, 0.3) is 0 Å². The van der Waals surface area contributed by atoms with Crippen molar-refractivity contribution in [2.75, 3.05) is 7.11 Å². The molecule has 3 aliphatic carbocycles. The molecule has 3 fully saturated rings. The van der Waals surface area contributed by atoms with E-state index in [2.05, 4.69) is 80.9 Å². The lowest BCUT2D eigenvalue weighted by atomic mass is 10.0. The number of fused-ring (bicyclic) bond motifs is 2. The van der Waals surface area contributed by atoms with Crippen LogP contribution in [0.2, 0.25) is 0 Å². The zero-order chi connectivity index (χ0) is 43.2. The van der Waals surface area contributed by atoms with Crippen LogP contribution < -0.4 is 4.74 Å². The van der Waals surface area contributed by atoms with Crippen molar-refractivity contribution in [1.82, 2.24) is 38.7 Å². The monoisotopic (exact) mass is 868 g/mol. The summed E-state index contributed by atoms with van der Waals surface area (Å²) in [5, 5.41) is 58.6. The second-order valence-electron chi connectivity index (χ2n) is 17.2. The molecule has 4 aromatic carbocycles. The third-order valence-corrected chi connectivity index (χ3v) is 13.5. The molecule has 1 unspecified atom stereocenters. The lowest BCUT2D eigenvalue weighted by molar-refractivity contribution is 0.415. The van der Waals surface area contributed by atoms with Crippen molar-refractivity contribution in [1.29, 1.82) is 0 Å². The predicted molar refractivity (Wildman–Crippen MR) is 244 cm³/mol. The molecule has 0 spiro atoms. The highest BCUT2D eigenvalue weighted by molar-refractivity contribution is 7.71. The van der Waals surface area contributed by atoms with Gasteiger partial charge in [0, 0.05) is 46.9 Å². The number of phenolic OH excluding ortho intramolecular Hbond substituents is 4. The fourth-order valence-corrected chi connectivity index (χ4v) is 9.25. The minimum atomic E-state index is -0.0379. The van der Waals surface area contributed by atoms with E-state index in [1.54, 1.807) is 7.11 Å². The minimum absolute atomic E-state index is 0.0117. The summed E-state index contributed by atoms with van der Waals surface area (Å²) in [7, 11) is 1.67. The SMILES string of the molecule is CC1(n2ccc3c(-n4c(-c5cc(C6CC6)c(O)cc5O)n[nH]c4=S)cccc32)CC1.CCC(C)n1ccc2c(-n3c(-c4cc(C5CC5)c(O)cc4O)n[nH]c3=S)ccc(OC)c21. The number of rotatable bonds is 10. The van der Waals surface area contributed by atoms with Crippen molar-refractivity contribution in [3.63, 3.8) is 0 Å². The van der Waals surface area contributed by atoms with Crippen LogP contribution >= 0.6 is 24.4 Å². The molecule has 1 atom stereocenters. The molecule has 11 rings (SSSR count). The maximum absolute atomic E-state index is 10.7. The first-order chi connectivity index (χ1) is 29.9. The van der Waals surface area contributed by atoms with Crippen molar-refractivity contribution in [3.05, 3.63) is 99.8 Å². The Hall–Kier alpha value is -6.32. The summed E-state index contributed by atoms with van der Waals surface area (Å²) in [4.78, 5) is 0. The van der Waals surface area contributed by atoms with Crippen LogP contribution in [0.4, 0.5) is 0 Å². The van der Waals surface area contributed by atoms with Crippen molar-refractivity contribution < 1.29 is 25.2 Å². The Morgan fingerprint density at radius 2 is 1.29 bits per heavy atom. The van der Waals surface area contributed by atoms with Crippen molar-refractivity contribution >= 4 is 46.2 Å². The summed E-state index contributed by atoms with van der Waals surface area (Å²) in [6, 6.07) is 21.0. The van der Waals surface area contributed by atoms with Gasteiger partial charge in [0.05, 0.1) is 40.6 Å². The number of aromatic amines is 2. The summed E-state index contributed by atoms with van der Waals surface area (Å²) in [5.74, 6) is 2.69. The normalized spacial score (nSPS) is 16.1. The molecule has 62 heavy (non-hydrogen) atoms. The molecule has 0 saturated heterocycles. The number of aromatic hydroxyl groups is 4. The van der Waals surface area contributed by atoms with E-state index in [1.165, 1.54) is 25.0 Å². The van der Waals surface area contributed by atoms with Crippen LogP contribution in [-0.2, 0) is 5.54 Å². The molecule has 0 aliphatic heterocycles. The summed E-state index contributed by atoms with van der Waals surface area (Å²) in [6.45, 7) is 6.61. The van der Waals surface area contributed by atoms with Gasteiger partial charge in [-0.2, -0.15) is 10.2 Å². The van der Waals surface area contributed by atoms with Crippen molar-refractivity contribution in [3.8, 4) is 62.9 Å². The van der Waals surface area contributed by atoms with Crippen LogP contribution in [0.15, 0.2) is 79.1 Å². The van der Waals surface area contributed by atoms with Gasteiger partial charge in [0.2, 0.25) is 0 Å². The van der Waals surface area contributed by atoms with Crippen LogP contribution in [0.1, 0.15) is 94.7 Å². The van der Waals surface area contributed by atoms with E-state index in [1.807, 2.05) is 45.5 Å². The fraction of sp³-hybridized carbons (Fsp3) is 0.319. The summed E-state index contributed by atoms with van der Waals surface area (Å²) in [5.41, 5.74) is 6.89. The number of aromatic nitrogens is 8. The molecule has 3 aliphatic rings. The van der Waals surface area contributed by atoms with Crippen LogP contribution in [0.3, 0.4) is 0 Å². The minimum Gasteiger partial charge on any atom is -0.508 e. The Bertz CT molecular complexity index is 3180. The number of nitrogens with one attached hydrogen (secondary N) is 2. The van der Waals surface area contributed by atoms with Gasteiger partial charge in [-0.3, -0.25) is 19.3 Å². The average molecular weight is 869 g/mol. The molecule has 4 aromatic heterocycles. The molecule has 15 heteroatoms. The van der Waals surface area contributed by atoms with E-state index >= 15 is 0 Å². The highest BCUT2D eigenvalue weighted by atomic mass is 32.1. The molecule has 0 radical (unpaired) electrons. The summed E-state index contributed by atoms with van der Waals surface area (Å²) in [6.07, 6.45) is 11.7. The predicted octanol–water partition coefficient (Wildman–Crippen LogP) is 11.2. The van der Waals surface area contributed by atoms with E-state index < -0.39 is 0 Å². The van der Waals surface area contributed by atoms with E-state index in [9.17, 15) is 20.4 Å². The first-order valence-electron chi connectivity index (χ1n) is 21.2. The van der Waals surface area contributed by atoms with Crippen LogP contribution in [-0.4, -0.2) is 66.2 Å². The Labute approximate surface area is 367 Å². The molecular weight excluding hydrogens is 821 g/mol. The zero-order valence-electron chi connectivity index (χ0n) is 34.9. The van der Waals surface area contributed by atoms with E-state index in [-0.39, 0.29) is 28.5 Å². The third kappa shape index (κ3) is 6.65. The lowest BCUT2D eigenvalue weighted by Crippen LogP contribution is -2.10. The van der Waals surface area contributed by atoms with Crippen molar-refractivity contribution in [2.24, 2.45) is 0 Å². The molecule has 3 saturated carbocycles. The fourth-order valence-electron chi connectivity index (χ4n) is 8.79.